The van der Waals surface area contributed by atoms with Gasteiger partial charge in [0, 0.05) is 0 Å². The summed E-state index contributed by atoms with van der Waals surface area (Å²) in [5, 5.41) is 0. The first-order chi connectivity index (χ1) is 7.01. The van der Waals surface area contributed by atoms with Crippen LogP contribution in [0.2, 0.25) is 0 Å². The molecule has 84 valence electrons. The molecule has 0 saturated carbocycles. The fourth-order valence-corrected chi connectivity index (χ4v) is 1.65. The molecule has 0 aliphatic rings. The highest BCUT2D eigenvalue weighted by Crippen LogP contribution is 2.16. The Bertz CT molecular complexity index is 271. The average molecular weight is 206 g/mol. The van der Waals surface area contributed by atoms with Crippen LogP contribution >= 0.6 is 0 Å². The largest absolute Gasteiger partial charge is 0.372 e. The smallest absolute Gasteiger partial charge is 0.0619 e. The molecule has 1 atom stereocenters. The highest BCUT2D eigenvalue weighted by Gasteiger charge is 2.17. The molecule has 0 radical (unpaired) electrons. The van der Waals surface area contributed by atoms with Crippen LogP contribution in [-0.2, 0) is 11.2 Å². The van der Waals surface area contributed by atoms with Gasteiger partial charge in [-0.15, -0.1) is 0 Å². The summed E-state index contributed by atoms with van der Waals surface area (Å²) in [7, 11) is 0. The first-order valence-electron chi connectivity index (χ1n) is 5.73. The maximum Gasteiger partial charge on any atom is 0.0619 e. The summed E-state index contributed by atoms with van der Waals surface area (Å²) in [5.41, 5.74) is 1.31. The topological polar surface area (TPSA) is 9.23 Å². The van der Waals surface area contributed by atoms with E-state index in [0.29, 0.717) is 6.10 Å². The third kappa shape index (κ3) is 4.98. The van der Waals surface area contributed by atoms with E-state index in [1.165, 1.54) is 5.56 Å². The molecule has 1 heteroatoms. The third-order valence-electron chi connectivity index (χ3n) is 2.28. The van der Waals surface area contributed by atoms with Gasteiger partial charge in [-0.3, -0.25) is 0 Å². The Morgan fingerprint density at radius 2 is 1.73 bits per heavy atom. The summed E-state index contributed by atoms with van der Waals surface area (Å²) in [5.74, 6) is 0. The van der Waals surface area contributed by atoms with Gasteiger partial charge < -0.3 is 4.74 Å². The maximum absolute atomic E-state index is 5.99. The molecule has 1 rings (SSSR count). The van der Waals surface area contributed by atoms with Crippen molar-refractivity contribution in [2.75, 3.05) is 0 Å². The summed E-state index contributed by atoms with van der Waals surface area (Å²) in [6.45, 7) is 8.52. The lowest BCUT2D eigenvalue weighted by molar-refractivity contribution is -0.0603. The first kappa shape index (κ1) is 12.3. The number of hydrogen-bond acceptors (Lipinski definition) is 1. The van der Waals surface area contributed by atoms with Crippen LogP contribution in [0.3, 0.4) is 0 Å². The molecule has 0 amide bonds. The molecule has 0 N–H and O–H groups in total. The van der Waals surface area contributed by atoms with Crippen molar-refractivity contribution in [3.05, 3.63) is 35.9 Å². The highest BCUT2D eigenvalue weighted by atomic mass is 16.5. The van der Waals surface area contributed by atoms with Crippen LogP contribution in [0.5, 0.6) is 0 Å². The van der Waals surface area contributed by atoms with Crippen molar-refractivity contribution in [2.24, 2.45) is 0 Å². The monoisotopic (exact) mass is 206 g/mol. The average Bonchev–Trinajstić information content (AvgIpc) is 2.16. The molecule has 0 unspecified atom stereocenters. The van der Waals surface area contributed by atoms with E-state index in [9.17, 15) is 0 Å². The van der Waals surface area contributed by atoms with Crippen LogP contribution < -0.4 is 0 Å². The lowest BCUT2D eigenvalue weighted by atomic mass is 10.0. The quantitative estimate of drug-likeness (QED) is 0.727. The van der Waals surface area contributed by atoms with Crippen molar-refractivity contribution in [1.82, 2.24) is 0 Å². The summed E-state index contributed by atoms with van der Waals surface area (Å²) in [6.07, 6.45) is 2.40. The Morgan fingerprint density at radius 1 is 1.13 bits per heavy atom. The Kier molecular flexibility index (Phi) is 4.34. The molecule has 15 heavy (non-hydrogen) atoms. The zero-order chi connectivity index (χ0) is 11.3. The van der Waals surface area contributed by atoms with Gasteiger partial charge in [-0.1, -0.05) is 37.3 Å². The Labute approximate surface area is 93.5 Å². The van der Waals surface area contributed by atoms with Crippen LogP contribution in [0, 0.1) is 0 Å². The van der Waals surface area contributed by atoms with E-state index in [1.807, 2.05) is 0 Å². The zero-order valence-electron chi connectivity index (χ0n) is 10.3. The van der Waals surface area contributed by atoms with E-state index in [4.69, 9.17) is 4.74 Å². The minimum atomic E-state index is -0.0462. The van der Waals surface area contributed by atoms with Crippen molar-refractivity contribution in [2.45, 2.75) is 52.2 Å². The van der Waals surface area contributed by atoms with E-state index in [1.54, 1.807) is 0 Å². The molecule has 1 aromatic rings. The molecule has 0 aliphatic heterocycles. The van der Waals surface area contributed by atoms with Gasteiger partial charge >= 0.3 is 0 Å². The van der Waals surface area contributed by atoms with Crippen LogP contribution in [0.1, 0.15) is 39.7 Å². The van der Waals surface area contributed by atoms with Gasteiger partial charge in [0.05, 0.1) is 11.7 Å². The molecule has 0 aliphatic carbocycles. The SMILES string of the molecule is CC[C@@H](Cc1ccccc1)OC(C)(C)C. The van der Waals surface area contributed by atoms with E-state index in [0.717, 1.165) is 12.8 Å². The second kappa shape index (κ2) is 5.32. The normalized spacial score (nSPS) is 13.9. The fraction of sp³-hybridized carbons (Fsp3) is 0.571. The van der Waals surface area contributed by atoms with Gasteiger partial charge in [-0.2, -0.15) is 0 Å². The molecule has 0 fully saturated rings. The zero-order valence-corrected chi connectivity index (χ0v) is 10.3. The molecular weight excluding hydrogens is 184 g/mol. The molecule has 0 saturated heterocycles. The van der Waals surface area contributed by atoms with Crippen molar-refractivity contribution in [1.29, 1.82) is 0 Å². The van der Waals surface area contributed by atoms with Crippen LogP contribution in [0.15, 0.2) is 30.3 Å². The number of rotatable bonds is 4. The Balaban J connectivity index is 2.55. The summed E-state index contributed by atoms with van der Waals surface area (Å²) >= 11 is 0. The van der Waals surface area contributed by atoms with Gasteiger partial charge in [-0.25, -0.2) is 0 Å². The predicted molar refractivity (Wildman–Crippen MR) is 65.1 cm³/mol. The van der Waals surface area contributed by atoms with Gasteiger partial charge in [0.1, 0.15) is 0 Å². The van der Waals surface area contributed by atoms with E-state index >= 15 is 0 Å². The fourth-order valence-electron chi connectivity index (χ4n) is 1.65. The van der Waals surface area contributed by atoms with E-state index < -0.39 is 0 Å². The summed E-state index contributed by atoms with van der Waals surface area (Å²) in [6, 6.07) is 10.5. The third-order valence-corrected chi connectivity index (χ3v) is 2.28. The van der Waals surface area contributed by atoms with Gasteiger partial charge in [0.2, 0.25) is 0 Å². The molecule has 0 spiro atoms. The molecule has 1 nitrogen and oxygen atoms in total. The minimum Gasteiger partial charge on any atom is -0.372 e. The standard InChI is InChI=1S/C14H22O/c1-5-13(15-14(2,3)4)11-12-9-7-6-8-10-12/h6-10,13H,5,11H2,1-4H3/t13-/m0/s1. The predicted octanol–water partition coefficient (Wildman–Crippen LogP) is 3.82. The molecular formula is C14H22O. The Hall–Kier alpha value is -0.820. The summed E-state index contributed by atoms with van der Waals surface area (Å²) in [4.78, 5) is 0. The number of ether oxygens (including phenoxy) is 1. The lowest BCUT2D eigenvalue weighted by Crippen LogP contribution is -2.28. The minimum absolute atomic E-state index is 0.0462. The molecule has 0 aromatic heterocycles. The molecule has 1 aromatic carbocycles. The molecule has 0 bridgehead atoms. The van der Waals surface area contributed by atoms with Crippen molar-refractivity contribution in [3.63, 3.8) is 0 Å². The van der Waals surface area contributed by atoms with Gasteiger partial charge in [0.25, 0.3) is 0 Å². The van der Waals surface area contributed by atoms with Crippen LogP contribution in [-0.4, -0.2) is 11.7 Å². The lowest BCUT2D eigenvalue weighted by Gasteiger charge is -2.27. The number of hydrogen-bond donors (Lipinski definition) is 0. The van der Waals surface area contributed by atoms with Crippen LogP contribution in [0.25, 0.3) is 0 Å². The molecule has 0 heterocycles. The van der Waals surface area contributed by atoms with Gasteiger partial charge in [-0.05, 0) is 39.2 Å². The van der Waals surface area contributed by atoms with Crippen molar-refractivity contribution < 1.29 is 4.74 Å². The van der Waals surface area contributed by atoms with Crippen molar-refractivity contribution in [3.8, 4) is 0 Å². The van der Waals surface area contributed by atoms with E-state index in [-0.39, 0.29) is 5.60 Å². The van der Waals surface area contributed by atoms with Crippen LogP contribution in [0.4, 0.5) is 0 Å². The second-order valence-electron chi connectivity index (χ2n) is 4.95. The number of benzene rings is 1. The maximum atomic E-state index is 5.99. The summed E-state index contributed by atoms with van der Waals surface area (Å²) < 4.78 is 5.99. The van der Waals surface area contributed by atoms with Crippen molar-refractivity contribution >= 4 is 0 Å². The first-order valence-corrected chi connectivity index (χ1v) is 5.73. The Morgan fingerprint density at radius 3 is 2.20 bits per heavy atom. The highest BCUT2D eigenvalue weighted by molar-refractivity contribution is 5.15. The second-order valence-corrected chi connectivity index (χ2v) is 4.95. The van der Waals surface area contributed by atoms with Gasteiger partial charge in [0.15, 0.2) is 0 Å². The van der Waals surface area contributed by atoms with E-state index in [2.05, 4.69) is 58.0 Å².